The summed E-state index contributed by atoms with van der Waals surface area (Å²) >= 11 is 0. The van der Waals surface area contributed by atoms with Crippen molar-refractivity contribution in [3.05, 3.63) is 0 Å². The number of carbonyl (C=O) groups excluding carboxylic acids is 2. The molecule has 0 bridgehead atoms. The van der Waals surface area contributed by atoms with E-state index in [9.17, 15) is 19.8 Å². The van der Waals surface area contributed by atoms with Crippen LogP contribution in [0.4, 0.5) is 0 Å². The van der Waals surface area contributed by atoms with Crippen LogP contribution in [0, 0.1) is 11.8 Å². The van der Waals surface area contributed by atoms with Crippen molar-refractivity contribution in [2.45, 2.75) is 143 Å². The van der Waals surface area contributed by atoms with E-state index in [1.165, 1.54) is 77.0 Å². The first-order chi connectivity index (χ1) is 14.3. The second-order valence-corrected chi connectivity index (χ2v) is 9.56. The van der Waals surface area contributed by atoms with Gasteiger partial charge in [-0.25, -0.2) is 0 Å². The number of hydrogen-bond acceptors (Lipinski definition) is 4. The average molecular weight is 467 g/mol. The molecule has 31 heavy (non-hydrogen) atoms. The third-order valence-corrected chi connectivity index (χ3v) is 5.32. The Hall–Kier alpha value is 0.200. The van der Waals surface area contributed by atoms with E-state index in [1.54, 1.807) is 0 Å². The van der Waals surface area contributed by atoms with Crippen LogP contribution < -0.4 is 10.2 Å². The minimum atomic E-state index is -0.910. The molecule has 0 aromatic carbocycles. The molecular weight excluding hydrogens is 416 g/mol. The normalized spacial score (nSPS) is 10.5. The average Bonchev–Trinajstić information content (AvgIpc) is 2.65. The molecule has 0 aromatic heterocycles. The van der Waals surface area contributed by atoms with Crippen molar-refractivity contribution in [2.24, 2.45) is 11.8 Å². The number of carbonyl (C=O) groups is 2. The first-order valence-electron chi connectivity index (χ1n) is 12.6. The van der Waals surface area contributed by atoms with Gasteiger partial charge in [-0.15, -0.1) is 0 Å². The molecule has 180 valence electrons. The fraction of sp³-hybridized carbons (Fsp3) is 0.923. The standard InChI is InChI=1S/2C13H26O2.Ca/c2*1-12(2)10-8-6-4-3-5-7-9-11-13(14)15;/h2*12H,3-11H2,1-2H3,(H,14,15);/q;;+2/p-2. The van der Waals surface area contributed by atoms with E-state index in [1.807, 2.05) is 0 Å². The molecule has 0 heterocycles. The molecule has 0 N–H and O–H groups in total. The van der Waals surface area contributed by atoms with Gasteiger partial charge in [0.05, 0.1) is 0 Å². The number of aliphatic carboxylic acids is 2. The molecule has 0 saturated carbocycles. The fourth-order valence-electron chi connectivity index (χ4n) is 3.41. The predicted molar refractivity (Wildman–Crippen MR) is 129 cm³/mol. The van der Waals surface area contributed by atoms with Gasteiger partial charge in [0.15, 0.2) is 0 Å². The van der Waals surface area contributed by atoms with Gasteiger partial charge in [-0.05, 0) is 37.5 Å². The van der Waals surface area contributed by atoms with Crippen LogP contribution in [-0.2, 0) is 9.59 Å². The minimum absolute atomic E-state index is 0. The van der Waals surface area contributed by atoms with Crippen molar-refractivity contribution in [3.8, 4) is 0 Å². The molecule has 4 nitrogen and oxygen atoms in total. The molecule has 0 fully saturated rings. The van der Waals surface area contributed by atoms with Crippen LogP contribution in [0.15, 0.2) is 0 Å². The molecule has 0 radical (unpaired) electrons. The molecule has 0 saturated heterocycles. The fourth-order valence-corrected chi connectivity index (χ4v) is 3.41. The maximum Gasteiger partial charge on any atom is 2.00 e. The van der Waals surface area contributed by atoms with Crippen LogP contribution in [0.2, 0.25) is 0 Å². The maximum absolute atomic E-state index is 10.1. The summed E-state index contributed by atoms with van der Waals surface area (Å²) in [5.74, 6) is -0.167. The van der Waals surface area contributed by atoms with Gasteiger partial charge in [0.2, 0.25) is 0 Å². The summed E-state index contributed by atoms with van der Waals surface area (Å²) in [6, 6.07) is 0. The number of rotatable bonds is 20. The summed E-state index contributed by atoms with van der Waals surface area (Å²) in [6.45, 7) is 9.06. The summed E-state index contributed by atoms with van der Waals surface area (Å²) in [5.41, 5.74) is 0. The van der Waals surface area contributed by atoms with Gasteiger partial charge in [0, 0.05) is 11.9 Å². The largest absolute Gasteiger partial charge is 2.00 e. The van der Waals surface area contributed by atoms with Gasteiger partial charge in [-0.3, -0.25) is 0 Å². The Kier molecular flexibility index (Phi) is 32.6. The van der Waals surface area contributed by atoms with Crippen LogP contribution in [-0.4, -0.2) is 49.7 Å². The minimum Gasteiger partial charge on any atom is -0.550 e. The predicted octanol–water partition coefficient (Wildman–Crippen LogP) is 5.43. The van der Waals surface area contributed by atoms with Crippen molar-refractivity contribution in [2.75, 3.05) is 0 Å². The van der Waals surface area contributed by atoms with E-state index in [-0.39, 0.29) is 50.6 Å². The zero-order valence-corrected chi connectivity index (χ0v) is 23.4. The molecule has 0 aliphatic carbocycles. The smallest absolute Gasteiger partial charge is 0.550 e. The Balaban J connectivity index is -0.000000490. The van der Waals surface area contributed by atoms with Gasteiger partial charge in [0.1, 0.15) is 0 Å². The van der Waals surface area contributed by atoms with E-state index < -0.39 is 11.9 Å². The number of carboxylic acid groups (broad SMARTS) is 2. The van der Waals surface area contributed by atoms with Gasteiger partial charge < -0.3 is 19.8 Å². The summed E-state index contributed by atoms with van der Waals surface area (Å²) in [4.78, 5) is 20.3. The zero-order chi connectivity index (χ0) is 23.0. The van der Waals surface area contributed by atoms with E-state index >= 15 is 0 Å². The van der Waals surface area contributed by atoms with Crippen molar-refractivity contribution in [3.63, 3.8) is 0 Å². The van der Waals surface area contributed by atoms with E-state index in [4.69, 9.17) is 0 Å². The molecule has 0 spiro atoms. The zero-order valence-electron chi connectivity index (χ0n) is 21.2. The van der Waals surface area contributed by atoms with Gasteiger partial charge in [-0.1, -0.05) is 118 Å². The first-order valence-corrected chi connectivity index (χ1v) is 12.6. The van der Waals surface area contributed by atoms with Crippen LogP contribution >= 0.6 is 0 Å². The van der Waals surface area contributed by atoms with E-state index in [2.05, 4.69) is 27.7 Å². The quantitative estimate of drug-likeness (QED) is 0.177. The summed E-state index contributed by atoms with van der Waals surface area (Å²) in [7, 11) is 0. The van der Waals surface area contributed by atoms with Crippen molar-refractivity contribution < 1.29 is 19.8 Å². The molecule has 0 aromatic rings. The first kappa shape index (κ1) is 35.8. The third kappa shape index (κ3) is 41.0. The number of carboxylic acids is 2. The Labute approximate surface area is 223 Å². The van der Waals surface area contributed by atoms with Gasteiger partial charge in [0.25, 0.3) is 0 Å². The van der Waals surface area contributed by atoms with Crippen molar-refractivity contribution >= 4 is 49.7 Å². The third-order valence-electron chi connectivity index (χ3n) is 5.32. The molecule has 0 amide bonds. The maximum atomic E-state index is 10.1. The van der Waals surface area contributed by atoms with Crippen LogP contribution in [0.5, 0.6) is 0 Å². The summed E-state index contributed by atoms with van der Waals surface area (Å²) in [5, 5.41) is 20.3. The SMILES string of the molecule is CC(C)CCCCCCCCCC(=O)[O-].CC(C)CCCCCCCCCC(=O)[O-].[Ca+2]. The van der Waals surface area contributed by atoms with Crippen LogP contribution in [0.25, 0.3) is 0 Å². The van der Waals surface area contributed by atoms with E-state index in [0.717, 1.165) is 37.5 Å². The van der Waals surface area contributed by atoms with Gasteiger partial charge >= 0.3 is 37.7 Å². The molecule has 0 aliphatic heterocycles. The monoisotopic (exact) mass is 466 g/mol. The van der Waals surface area contributed by atoms with Crippen LogP contribution in [0.1, 0.15) is 143 Å². The summed E-state index contributed by atoms with van der Waals surface area (Å²) in [6.07, 6.45) is 19.6. The van der Waals surface area contributed by atoms with Crippen LogP contribution in [0.3, 0.4) is 0 Å². The molecular formula is C26H50CaO4. The Morgan fingerprint density at radius 3 is 0.935 bits per heavy atom. The van der Waals surface area contributed by atoms with Crippen molar-refractivity contribution in [1.29, 1.82) is 0 Å². The second-order valence-electron chi connectivity index (χ2n) is 9.56. The second kappa shape index (κ2) is 28.2. The Morgan fingerprint density at radius 2 is 0.710 bits per heavy atom. The molecule has 0 rings (SSSR count). The topological polar surface area (TPSA) is 80.3 Å². The van der Waals surface area contributed by atoms with Crippen molar-refractivity contribution in [1.82, 2.24) is 0 Å². The Bertz CT molecular complexity index is 348. The Morgan fingerprint density at radius 1 is 0.484 bits per heavy atom. The molecule has 0 unspecified atom stereocenters. The number of unbranched alkanes of at least 4 members (excludes halogenated alkanes) is 12. The molecule has 5 heteroatoms. The summed E-state index contributed by atoms with van der Waals surface area (Å²) < 4.78 is 0. The van der Waals surface area contributed by atoms with E-state index in [0.29, 0.717) is 0 Å². The molecule has 0 aliphatic rings. The number of hydrogen-bond donors (Lipinski definition) is 0. The van der Waals surface area contributed by atoms with Gasteiger partial charge in [-0.2, -0.15) is 0 Å². The molecule has 0 atom stereocenters.